The summed E-state index contributed by atoms with van der Waals surface area (Å²) in [4.78, 5) is 4.22. The molecule has 0 atom stereocenters. The largest absolute Gasteiger partial charge is 0.494 e. The molecule has 2 heterocycles. The minimum Gasteiger partial charge on any atom is -0.494 e. The number of halogens is 2. The Morgan fingerprint density at radius 3 is 2.84 bits per heavy atom. The molecule has 0 spiro atoms. The van der Waals surface area contributed by atoms with Gasteiger partial charge in [-0.05, 0) is 72.8 Å². The molecule has 1 aromatic heterocycles. The topological polar surface area (TPSA) is 55.5 Å². The summed E-state index contributed by atoms with van der Waals surface area (Å²) in [5.41, 5.74) is 3.01. The van der Waals surface area contributed by atoms with Crippen molar-refractivity contribution in [3.05, 3.63) is 76.4 Å². The number of aryl methyl sites for hydroxylation is 1. The predicted molar refractivity (Wildman–Crippen MR) is 131 cm³/mol. The van der Waals surface area contributed by atoms with Gasteiger partial charge in [0, 0.05) is 16.5 Å². The molecule has 0 aliphatic carbocycles. The van der Waals surface area contributed by atoms with Gasteiger partial charge in [-0.3, -0.25) is 0 Å². The number of aromatic amines is 1. The summed E-state index contributed by atoms with van der Waals surface area (Å²) in [5, 5.41) is 2.05. The van der Waals surface area contributed by atoms with Crippen LogP contribution in [0.5, 0.6) is 17.2 Å². The molecule has 0 fully saturated rings. The van der Waals surface area contributed by atoms with E-state index in [1.165, 1.54) is 17.5 Å². The maximum Gasteiger partial charge on any atom is 0.231 e. The number of ether oxygens (including phenoxy) is 3. The van der Waals surface area contributed by atoms with Crippen LogP contribution in [0, 0.1) is 0 Å². The SMILES string of the molecule is Clc1ccc(NSc2cccc(OCCCc3ccc4c(c3)OCO4)c2)c2[nH]cc(Cl)c12. The van der Waals surface area contributed by atoms with Crippen LogP contribution >= 0.6 is 35.1 Å². The smallest absolute Gasteiger partial charge is 0.231 e. The number of hydrogen-bond donors (Lipinski definition) is 2. The number of benzene rings is 3. The molecule has 0 radical (unpaired) electrons. The normalized spacial score (nSPS) is 12.3. The zero-order valence-corrected chi connectivity index (χ0v) is 19.3. The Hall–Kier alpha value is -2.67. The number of anilines is 1. The molecular formula is C24H20Cl2N2O3S. The summed E-state index contributed by atoms with van der Waals surface area (Å²) in [6.45, 7) is 0.932. The second kappa shape index (κ2) is 9.45. The Balaban J connectivity index is 1.15. The van der Waals surface area contributed by atoms with E-state index in [1.54, 1.807) is 6.20 Å². The van der Waals surface area contributed by atoms with E-state index in [9.17, 15) is 0 Å². The summed E-state index contributed by atoms with van der Waals surface area (Å²) in [6.07, 6.45) is 3.56. The van der Waals surface area contributed by atoms with Gasteiger partial charge in [-0.2, -0.15) is 0 Å². The first-order valence-corrected chi connectivity index (χ1v) is 11.7. The van der Waals surface area contributed by atoms with Crippen molar-refractivity contribution in [3.63, 3.8) is 0 Å². The molecule has 0 saturated carbocycles. The molecule has 3 aromatic carbocycles. The summed E-state index contributed by atoms with van der Waals surface area (Å²) >= 11 is 14.0. The van der Waals surface area contributed by atoms with Crippen molar-refractivity contribution in [2.24, 2.45) is 0 Å². The van der Waals surface area contributed by atoms with Crippen molar-refractivity contribution in [2.75, 3.05) is 18.1 Å². The van der Waals surface area contributed by atoms with Gasteiger partial charge in [-0.25, -0.2) is 0 Å². The Labute approximate surface area is 200 Å². The van der Waals surface area contributed by atoms with E-state index < -0.39 is 0 Å². The Kier molecular flexibility index (Phi) is 6.26. The lowest BCUT2D eigenvalue weighted by Gasteiger charge is -2.10. The van der Waals surface area contributed by atoms with Gasteiger partial charge in [0.2, 0.25) is 6.79 Å². The first-order valence-electron chi connectivity index (χ1n) is 10.2. The standard InChI is InChI=1S/C24H20Cl2N2O3S/c25-18-7-8-20(24-23(18)19(26)13-27-24)28-32-17-5-1-4-16(12-17)29-10-2-3-15-6-9-21-22(11-15)31-14-30-21/h1,4-9,11-13,27-28H,2-3,10,14H2. The van der Waals surface area contributed by atoms with E-state index in [-0.39, 0.29) is 0 Å². The minimum absolute atomic E-state index is 0.298. The summed E-state index contributed by atoms with van der Waals surface area (Å²) < 4.78 is 20.1. The van der Waals surface area contributed by atoms with E-state index >= 15 is 0 Å². The Morgan fingerprint density at radius 1 is 1.00 bits per heavy atom. The highest BCUT2D eigenvalue weighted by atomic mass is 35.5. The van der Waals surface area contributed by atoms with Gasteiger partial charge in [-0.15, -0.1) is 0 Å². The average molecular weight is 487 g/mol. The molecular weight excluding hydrogens is 467 g/mol. The lowest BCUT2D eigenvalue weighted by atomic mass is 10.1. The maximum atomic E-state index is 6.27. The average Bonchev–Trinajstić information content (AvgIpc) is 3.43. The molecule has 1 aliphatic rings. The Bertz CT molecular complexity index is 1260. The third-order valence-electron chi connectivity index (χ3n) is 5.14. The molecule has 0 unspecified atom stereocenters. The minimum atomic E-state index is 0.298. The quantitative estimate of drug-likeness (QED) is 0.201. The first-order chi connectivity index (χ1) is 15.7. The van der Waals surface area contributed by atoms with E-state index in [4.69, 9.17) is 37.4 Å². The zero-order chi connectivity index (χ0) is 21.9. The highest BCUT2D eigenvalue weighted by Crippen LogP contribution is 2.36. The van der Waals surface area contributed by atoms with E-state index in [0.29, 0.717) is 23.4 Å². The highest BCUT2D eigenvalue weighted by Gasteiger charge is 2.13. The molecule has 5 nitrogen and oxygen atoms in total. The van der Waals surface area contributed by atoms with Crippen LogP contribution in [0.15, 0.2) is 65.7 Å². The lowest BCUT2D eigenvalue weighted by Crippen LogP contribution is -1.99. The molecule has 5 rings (SSSR count). The number of aromatic nitrogens is 1. The van der Waals surface area contributed by atoms with Crippen LogP contribution in [0.1, 0.15) is 12.0 Å². The monoisotopic (exact) mass is 486 g/mol. The summed E-state index contributed by atoms with van der Waals surface area (Å²) in [7, 11) is 0. The molecule has 0 amide bonds. The number of hydrogen-bond acceptors (Lipinski definition) is 5. The number of nitrogens with one attached hydrogen (secondary N) is 2. The summed E-state index contributed by atoms with van der Waals surface area (Å²) in [6, 6.07) is 17.8. The van der Waals surface area contributed by atoms with Gasteiger partial charge in [-0.1, -0.05) is 35.3 Å². The van der Waals surface area contributed by atoms with Gasteiger partial charge in [0.05, 0.1) is 27.9 Å². The predicted octanol–water partition coefficient (Wildman–Crippen LogP) is 7.33. The molecule has 0 bridgehead atoms. The van der Waals surface area contributed by atoms with Crippen LogP contribution in [0.2, 0.25) is 10.0 Å². The van der Waals surface area contributed by atoms with Gasteiger partial charge < -0.3 is 23.9 Å². The molecule has 2 N–H and O–H groups in total. The molecule has 4 aromatic rings. The fourth-order valence-electron chi connectivity index (χ4n) is 3.56. The molecule has 0 saturated heterocycles. The third kappa shape index (κ3) is 4.58. The van der Waals surface area contributed by atoms with Crippen LogP contribution in [-0.4, -0.2) is 18.4 Å². The van der Waals surface area contributed by atoms with Crippen molar-refractivity contribution < 1.29 is 14.2 Å². The molecule has 1 aliphatic heterocycles. The number of fused-ring (bicyclic) bond motifs is 2. The van der Waals surface area contributed by atoms with Crippen LogP contribution in [0.4, 0.5) is 5.69 Å². The van der Waals surface area contributed by atoms with Gasteiger partial charge in [0.15, 0.2) is 11.5 Å². The molecule has 164 valence electrons. The highest BCUT2D eigenvalue weighted by molar-refractivity contribution is 8.00. The zero-order valence-electron chi connectivity index (χ0n) is 17.0. The van der Waals surface area contributed by atoms with Crippen LogP contribution in [0.3, 0.4) is 0 Å². The van der Waals surface area contributed by atoms with E-state index in [0.717, 1.165) is 51.6 Å². The van der Waals surface area contributed by atoms with Crippen molar-refractivity contribution >= 4 is 51.7 Å². The van der Waals surface area contributed by atoms with Gasteiger partial charge in [0.25, 0.3) is 0 Å². The van der Waals surface area contributed by atoms with E-state index in [2.05, 4.69) is 15.8 Å². The van der Waals surface area contributed by atoms with Crippen LogP contribution in [0.25, 0.3) is 10.9 Å². The lowest BCUT2D eigenvalue weighted by molar-refractivity contribution is 0.174. The third-order valence-corrected chi connectivity index (χ3v) is 6.56. The van der Waals surface area contributed by atoms with Crippen LogP contribution < -0.4 is 18.9 Å². The van der Waals surface area contributed by atoms with Crippen molar-refractivity contribution in [3.8, 4) is 17.2 Å². The van der Waals surface area contributed by atoms with Crippen LogP contribution in [-0.2, 0) is 6.42 Å². The maximum absolute atomic E-state index is 6.27. The molecule has 8 heteroatoms. The van der Waals surface area contributed by atoms with Gasteiger partial charge >= 0.3 is 0 Å². The fraction of sp³-hybridized carbons (Fsp3) is 0.167. The number of H-pyrrole nitrogens is 1. The van der Waals surface area contributed by atoms with Gasteiger partial charge in [0.1, 0.15) is 5.75 Å². The number of rotatable bonds is 8. The first kappa shape index (κ1) is 21.2. The molecule has 32 heavy (non-hydrogen) atoms. The second-order valence-corrected chi connectivity index (χ2v) is 8.99. The summed E-state index contributed by atoms with van der Waals surface area (Å²) in [5.74, 6) is 2.47. The van der Waals surface area contributed by atoms with Crippen molar-refractivity contribution in [1.29, 1.82) is 0 Å². The second-order valence-electron chi connectivity index (χ2n) is 7.30. The Morgan fingerprint density at radius 2 is 1.91 bits per heavy atom. The van der Waals surface area contributed by atoms with Crippen molar-refractivity contribution in [1.82, 2.24) is 4.98 Å². The van der Waals surface area contributed by atoms with Crippen molar-refractivity contribution in [2.45, 2.75) is 17.7 Å². The van der Waals surface area contributed by atoms with E-state index in [1.807, 2.05) is 48.5 Å². The fourth-order valence-corrected chi connectivity index (χ4v) is 4.84.